The van der Waals surface area contributed by atoms with Crippen molar-refractivity contribution in [2.45, 2.75) is 46.6 Å². The molecule has 3 amide bonds. The lowest BCUT2D eigenvalue weighted by Gasteiger charge is -2.14. The Kier molecular flexibility index (Phi) is 11.2. The van der Waals surface area contributed by atoms with Crippen LogP contribution in [-0.2, 0) is 20.8 Å². The topological polar surface area (TPSA) is 118 Å². The maximum Gasteiger partial charge on any atom is 0.329 e. The number of hydrogen-bond acceptors (Lipinski definition) is 6. The fraction of sp³-hybridized carbons (Fsp3) is 0.360. The average Bonchev–Trinajstić information content (AvgIpc) is 2.84. The van der Waals surface area contributed by atoms with E-state index in [0.717, 1.165) is 6.42 Å². The normalized spacial score (nSPS) is 11.6. The molecule has 0 spiro atoms. The van der Waals surface area contributed by atoms with Gasteiger partial charge < -0.3 is 20.1 Å². The van der Waals surface area contributed by atoms with Gasteiger partial charge >= 0.3 is 11.8 Å². The zero-order valence-electron chi connectivity index (χ0n) is 20.3. The number of hydrogen-bond donors (Lipinski definition) is 3. The van der Waals surface area contributed by atoms with Gasteiger partial charge in [0.2, 0.25) is 0 Å². The van der Waals surface area contributed by atoms with E-state index in [9.17, 15) is 14.4 Å². The average molecular weight is 547 g/mol. The number of nitrogens with one attached hydrogen (secondary N) is 3. The Morgan fingerprint density at radius 2 is 1.77 bits per heavy atom. The van der Waals surface area contributed by atoms with Crippen LogP contribution in [0.25, 0.3) is 0 Å². The van der Waals surface area contributed by atoms with Crippen LogP contribution in [0.2, 0.25) is 0 Å². The summed E-state index contributed by atoms with van der Waals surface area (Å²) in [6.07, 6.45) is 3.00. The summed E-state index contributed by atoms with van der Waals surface area (Å²) in [6.45, 7) is 7.74. The van der Waals surface area contributed by atoms with Crippen molar-refractivity contribution < 1.29 is 23.9 Å². The lowest BCUT2D eigenvalue weighted by molar-refractivity contribution is -0.139. The predicted molar refractivity (Wildman–Crippen MR) is 139 cm³/mol. The molecule has 2 aromatic rings. The van der Waals surface area contributed by atoms with E-state index < -0.39 is 11.8 Å². The second-order valence-electron chi connectivity index (χ2n) is 7.63. The van der Waals surface area contributed by atoms with Gasteiger partial charge in [0, 0.05) is 11.7 Å². The summed E-state index contributed by atoms with van der Waals surface area (Å²) in [5.41, 5.74) is 4.64. The van der Waals surface area contributed by atoms with Crippen LogP contribution in [0.5, 0.6) is 11.5 Å². The number of anilines is 1. The Morgan fingerprint density at radius 3 is 2.40 bits per heavy atom. The van der Waals surface area contributed by atoms with Crippen LogP contribution >= 0.6 is 15.9 Å². The molecule has 35 heavy (non-hydrogen) atoms. The van der Waals surface area contributed by atoms with Crippen molar-refractivity contribution in [3.63, 3.8) is 0 Å². The molecular formula is C25H31BrN4O5. The van der Waals surface area contributed by atoms with Gasteiger partial charge in [-0.25, -0.2) is 5.43 Å². The van der Waals surface area contributed by atoms with Crippen molar-refractivity contribution >= 4 is 45.6 Å². The van der Waals surface area contributed by atoms with E-state index in [1.807, 2.05) is 38.1 Å². The number of rotatable bonds is 11. The molecule has 0 radical (unpaired) electrons. The highest BCUT2D eigenvalue weighted by Gasteiger charge is 2.16. The molecule has 0 aliphatic rings. The molecule has 10 heteroatoms. The van der Waals surface area contributed by atoms with Gasteiger partial charge in [0.15, 0.2) is 18.1 Å². The monoisotopic (exact) mass is 546 g/mol. The fourth-order valence-electron chi connectivity index (χ4n) is 2.83. The molecule has 0 saturated heterocycles. The van der Waals surface area contributed by atoms with E-state index in [1.54, 1.807) is 19.1 Å². The standard InChI is InChI=1S/C25H31BrN4O5/c1-5-16(4)28-24(32)25(33)30-27-14-18-12-20(26)23(21(13-18)34-7-3)35-15-22(31)29-19-10-8-17(6-2)9-11-19/h8-14,16H,5-7,15H2,1-4H3,(H,28,32)(H,29,31)(H,30,33)/b27-14-/t16-/m1/s1. The zero-order chi connectivity index (χ0) is 25.8. The van der Waals surface area contributed by atoms with Crippen molar-refractivity contribution in [1.29, 1.82) is 0 Å². The lowest BCUT2D eigenvalue weighted by Crippen LogP contribution is -2.41. The fourth-order valence-corrected chi connectivity index (χ4v) is 3.41. The molecule has 188 valence electrons. The molecule has 0 aliphatic heterocycles. The van der Waals surface area contributed by atoms with Crippen molar-refractivity contribution in [2.75, 3.05) is 18.5 Å². The molecule has 0 aliphatic carbocycles. The molecule has 0 unspecified atom stereocenters. The third-order valence-corrected chi connectivity index (χ3v) is 5.49. The number of hydrazone groups is 1. The lowest BCUT2D eigenvalue weighted by atomic mass is 10.1. The molecule has 2 aromatic carbocycles. The molecule has 9 nitrogen and oxygen atoms in total. The third-order valence-electron chi connectivity index (χ3n) is 4.90. The molecule has 3 N–H and O–H groups in total. The van der Waals surface area contributed by atoms with E-state index in [2.05, 4.69) is 44.0 Å². The summed E-state index contributed by atoms with van der Waals surface area (Å²) < 4.78 is 11.9. The summed E-state index contributed by atoms with van der Waals surface area (Å²) in [7, 11) is 0. The summed E-state index contributed by atoms with van der Waals surface area (Å²) >= 11 is 3.43. The van der Waals surface area contributed by atoms with Crippen LogP contribution in [0.1, 0.15) is 45.2 Å². The minimum atomic E-state index is -0.860. The van der Waals surface area contributed by atoms with E-state index in [0.29, 0.717) is 40.3 Å². The maximum atomic E-state index is 12.3. The minimum Gasteiger partial charge on any atom is -0.490 e. The maximum absolute atomic E-state index is 12.3. The number of carbonyl (C=O) groups is 3. The number of amides is 3. The SMILES string of the molecule is CCOc1cc(/C=N\NC(=O)C(=O)N[C@H](C)CC)cc(Br)c1OCC(=O)Nc1ccc(CC)cc1. The molecular weight excluding hydrogens is 516 g/mol. The molecule has 0 bridgehead atoms. The van der Waals surface area contributed by atoms with Gasteiger partial charge in [-0.1, -0.05) is 26.0 Å². The van der Waals surface area contributed by atoms with Gasteiger partial charge in [-0.2, -0.15) is 5.10 Å². The van der Waals surface area contributed by atoms with Crippen LogP contribution in [0, 0.1) is 0 Å². The Labute approximate surface area is 213 Å². The highest BCUT2D eigenvalue weighted by Crippen LogP contribution is 2.36. The highest BCUT2D eigenvalue weighted by atomic mass is 79.9. The molecule has 0 fully saturated rings. The van der Waals surface area contributed by atoms with Gasteiger partial charge in [-0.15, -0.1) is 0 Å². The zero-order valence-corrected chi connectivity index (χ0v) is 21.9. The number of carbonyl (C=O) groups excluding carboxylic acids is 3. The van der Waals surface area contributed by atoms with E-state index in [-0.39, 0.29) is 18.6 Å². The van der Waals surface area contributed by atoms with Gasteiger partial charge in [-0.3, -0.25) is 14.4 Å². The van der Waals surface area contributed by atoms with Crippen LogP contribution in [0.15, 0.2) is 46.0 Å². The van der Waals surface area contributed by atoms with E-state index in [1.165, 1.54) is 11.8 Å². The summed E-state index contributed by atoms with van der Waals surface area (Å²) in [6, 6.07) is 10.8. The summed E-state index contributed by atoms with van der Waals surface area (Å²) in [5.74, 6) is -1.17. The first-order valence-corrected chi connectivity index (χ1v) is 12.2. The summed E-state index contributed by atoms with van der Waals surface area (Å²) in [4.78, 5) is 36.0. The quantitative estimate of drug-likeness (QED) is 0.225. The second kappa shape index (κ2) is 14.1. The molecule has 0 aromatic heterocycles. The van der Waals surface area contributed by atoms with Gasteiger partial charge in [-0.05, 0) is 78.0 Å². The van der Waals surface area contributed by atoms with E-state index in [4.69, 9.17) is 9.47 Å². The first-order valence-electron chi connectivity index (χ1n) is 11.4. The first kappa shape index (κ1) is 27.8. The third kappa shape index (κ3) is 9.05. The Hall–Kier alpha value is -3.40. The van der Waals surface area contributed by atoms with Crippen molar-refractivity contribution in [2.24, 2.45) is 5.10 Å². The Morgan fingerprint density at radius 1 is 1.06 bits per heavy atom. The van der Waals surface area contributed by atoms with Crippen molar-refractivity contribution in [3.8, 4) is 11.5 Å². The number of halogens is 1. The van der Waals surface area contributed by atoms with Gasteiger partial charge in [0.1, 0.15) is 0 Å². The van der Waals surface area contributed by atoms with Gasteiger partial charge in [0.25, 0.3) is 5.91 Å². The molecule has 2 rings (SSSR count). The predicted octanol–water partition coefficient (Wildman–Crippen LogP) is 3.79. The van der Waals surface area contributed by atoms with E-state index >= 15 is 0 Å². The number of ether oxygens (including phenoxy) is 2. The number of benzene rings is 2. The van der Waals surface area contributed by atoms with Gasteiger partial charge in [0.05, 0.1) is 17.3 Å². The number of nitrogens with zero attached hydrogens (tertiary/aromatic N) is 1. The molecule has 0 heterocycles. The highest BCUT2D eigenvalue weighted by molar-refractivity contribution is 9.10. The summed E-state index contributed by atoms with van der Waals surface area (Å²) in [5, 5.41) is 9.19. The molecule has 1 atom stereocenters. The number of aryl methyl sites for hydroxylation is 1. The van der Waals surface area contributed by atoms with Crippen molar-refractivity contribution in [3.05, 3.63) is 52.0 Å². The largest absolute Gasteiger partial charge is 0.490 e. The second-order valence-corrected chi connectivity index (χ2v) is 8.49. The first-order chi connectivity index (χ1) is 16.8. The van der Waals surface area contributed by atoms with Crippen LogP contribution < -0.4 is 25.5 Å². The van der Waals surface area contributed by atoms with Crippen LogP contribution in [0.4, 0.5) is 5.69 Å². The minimum absolute atomic E-state index is 0.113. The van der Waals surface area contributed by atoms with Crippen LogP contribution in [-0.4, -0.2) is 43.2 Å². The smallest absolute Gasteiger partial charge is 0.329 e. The Balaban J connectivity index is 2.02. The van der Waals surface area contributed by atoms with Crippen molar-refractivity contribution in [1.82, 2.24) is 10.7 Å². The van der Waals surface area contributed by atoms with Crippen LogP contribution in [0.3, 0.4) is 0 Å². The Bertz CT molecular complexity index is 1060. The molecule has 0 saturated carbocycles.